The highest BCUT2D eigenvalue weighted by Gasteiger charge is 2.22. The second kappa shape index (κ2) is 6.70. The molecule has 1 aliphatic rings. The Morgan fingerprint density at radius 1 is 1.25 bits per heavy atom. The maximum absolute atomic E-state index is 11.4. The Hall–Kier alpha value is -2.25. The van der Waals surface area contributed by atoms with Crippen molar-refractivity contribution in [3.05, 3.63) is 63.8 Å². The van der Waals surface area contributed by atoms with Gasteiger partial charge in [0.05, 0.1) is 5.69 Å². The molecular weight excluding hydrogens is 326 g/mol. The van der Waals surface area contributed by atoms with E-state index in [0.717, 1.165) is 35.9 Å². The first-order valence-corrected chi connectivity index (χ1v) is 9.31. The van der Waals surface area contributed by atoms with Crippen LogP contribution in [0.2, 0.25) is 0 Å². The minimum Gasteiger partial charge on any atom is -0.268 e. The maximum atomic E-state index is 11.4. The summed E-state index contributed by atoms with van der Waals surface area (Å²) in [6.07, 6.45) is 2.65. The Morgan fingerprint density at radius 3 is 2.75 bits per heavy atom. The molecule has 0 aliphatic heterocycles. The summed E-state index contributed by atoms with van der Waals surface area (Å²) in [4.78, 5) is 11.1. The standard InChI is InChI=1S/C17H19N3O3S/c1-2-24(22,23)18-8-7-12-9-13-3-4-14(11-15(13)10-12)16-5-6-17(21)20-19-16/h2-6,11-12,18H,1,7-10H2,(H,20,21). The number of nitrogens with one attached hydrogen (secondary N) is 2. The minimum absolute atomic E-state index is 0.220. The van der Waals surface area contributed by atoms with Crippen LogP contribution >= 0.6 is 0 Å². The Labute approximate surface area is 140 Å². The normalized spacial score (nSPS) is 16.8. The molecule has 0 saturated heterocycles. The second-order valence-corrected chi connectivity index (χ2v) is 7.67. The van der Waals surface area contributed by atoms with Gasteiger partial charge < -0.3 is 0 Å². The van der Waals surface area contributed by atoms with Gasteiger partial charge in [-0.05, 0) is 48.4 Å². The molecule has 1 aromatic carbocycles. The fourth-order valence-corrected chi connectivity index (χ4v) is 3.56. The molecule has 1 atom stereocenters. The first-order chi connectivity index (χ1) is 11.5. The molecule has 2 aromatic rings. The lowest BCUT2D eigenvalue weighted by atomic mass is 10.0. The van der Waals surface area contributed by atoms with E-state index in [-0.39, 0.29) is 5.56 Å². The highest BCUT2D eigenvalue weighted by molar-refractivity contribution is 7.92. The zero-order chi connectivity index (χ0) is 17.2. The summed E-state index contributed by atoms with van der Waals surface area (Å²) < 4.78 is 25.2. The van der Waals surface area contributed by atoms with Crippen LogP contribution in [-0.4, -0.2) is 25.2 Å². The molecule has 126 valence electrons. The molecular formula is C17H19N3O3S. The molecule has 0 bridgehead atoms. The molecule has 6 nitrogen and oxygen atoms in total. The summed E-state index contributed by atoms with van der Waals surface area (Å²) in [5.41, 5.74) is 4.04. The minimum atomic E-state index is -3.35. The topological polar surface area (TPSA) is 91.9 Å². The van der Waals surface area contributed by atoms with Crippen molar-refractivity contribution < 1.29 is 8.42 Å². The van der Waals surface area contributed by atoms with Crippen LogP contribution in [-0.2, 0) is 22.9 Å². The lowest BCUT2D eigenvalue weighted by molar-refractivity contribution is 0.506. The molecule has 7 heteroatoms. The van der Waals surface area contributed by atoms with Gasteiger partial charge in [0, 0.05) is 23.6 Å². The van der Waals surface area contributed by atoms with Gasteiger partial charge >= 0.3 is 0 Å². The third-order valence-electron chi connectivity index (χ3n) is 4.27. The van der Waals surface area contributed by atoms with Crippen molar-refractivity contribution in [2.24, 2.45) is 5.92 Å². The SMILES string of the molecule is C=CS(=O)(=O)NCCC1Cc2ccc(-c3ccc(=O)[nH]n3)cc2C1. The van der Waals surface area contributed by atoms with Crippen LogP contribution in [0.3, 0.4) is 0 Å². The summed E-state index contributed by atoms with van der Waals surface area (Å²) >= 11 is 0. The van der Waals surface area contributed by atoms with Crippen molar-refractivity contribution in [3.63, 3.8) is 0 Å². The van der Waals surface area contributed by atoms with E-state index in [9.17, 15) is 13.2 Å². The number of fused-ring (bicyclic) bond motifs is 1. The first kappa shape index (κ1) is 16.6. The fourth-order valence-electron chi connectivity index (χ4n) is 3.04. The molecule has 1 aliphatic carbocycles. The molecule has 3 rings (SSSR count). The van der Waals surface area contributed by atoms with Crippen molar-refractivity contribution in [1.29, 1.82) is 0 Å². The van der Waals surface area contributed by atoms with E-state index in [1.807, 2.05) is 6.07 Å². The van der Waals surface area contributed by atoms with Crippen molar-refractivity contribution in [3.8, 4) is 11.3 Å². The number of rotatable bonds is 6. The Balaban J connectivity index is 1.66. The van der Waals surface area contributed by atoms with E-state index in [0.29, 0.717) is 12.5 Å². The van der Waals surface area contributed by atoms with Crippen molar-refractivity contribution >= 4 is 10.0 Å². The maximum Gasteiger partial charge on any atom is 0.264 e. The van der Waals surface area contributed by atoms with Gasteiger partial charge in [0.15, 0.2) is 0 Å². The zero-order valence-electron chi connectivity index (χ0n) is 13.2. The monoisotopic (exact) mass is 345 g/mol. The summed E-state index contributed by atoms with van der Waals surface area (Å²) in [5.74, 6) is 0.423. The molecule has 0 fully saturated rings. The van der Waals surface area contributed by atoms with Crippen molar-refractivity contribution in [1.82, 2.24) is 14.9 Å². The van der Waals surface area contributed by atoms with Gasteiger partial charge in [-0.15, -0.1) is 0 Å². The van der Waals surface area contributed by atoms with Crippen LogP contribution in [0.4, 0.5) is 0 Å². The van der Waals surface area contributed by atoms with E-state index < -0.39 is 10.0 Å². The molecule has 1 heterocycles. The molecule has 1 unspecified atom stereocenters. The predicted molar refractivity (Wildman–Crippen MR) is 92.9 cm³/mol. The average Bonchev–Trinajstić information content (AvgIpc) is 2.97. The number of hydrogen-bond acceptors (Lipinski definition) is 4. The molecule has 1 aromatic heterocycles. The zero-order valence-corrected chi connectivity index (χ0v) is 14.0. The predicted octanol–water partition coefficient (Wildman–Crippen LogP) is 1.60. The number of aromatic amines is 1. The number of benzene rings is 1. The molecule has 2 N–H and O–H groups in total. The number of hydrogen-bond donors (Lipinski definition) is 2. The first-order valence-electron chi connectivity index (χ1n) is 7.77. The summed E-state index contributed by atoms with van der Waals surface area (Å²) in [5, 5.41) is 7.43. The van der Waals surface area contributed by atoms with Gasteiger partial charge in [-0.3, -0.25) is 4.79 Å². The fraction of sp³-hybridized carbons (Fsp3) is 0.294. The number of sulfonamides is 1. The van der Waals surface area contributed by atoms with E-state index in [1.165, 1.54) is 17.2 Å². The van der Waals surface area contributed by atoms with Gasteiger partial charge in [0.2, 0.25) is 10.0 Å². The van der Waals surface area contributed by atoms with Crippen LogP contribution < -0.4 is 10.3 Å². The van der Waals surface area contributed by atoms with Crippen molar-refractivity contribution in [2.45, 2.75) is 19.3 Å². The van der Waals surface area contributed by atoms with E-state index in [2.05, 4.69) is 33.6 Å². The third kappa shape index (κ3) is 3.80. The van der Waals surface area contributed by atoms with Crippen LogP contribution in [0.1, 0.15) is 17.5 Å². The Kier molecular flexibility index (Phi) is 4.64. The van der Waals surface area contributed by atoms with Gasteiger partial charge in [0.25, 0.3) is 5.56 Å². The Bertz CT molecular complexity index is 898. The lowest BCUT2D eigenvalue weighted by Crippen LogP contribution is -2.24. The quantitative estimate of drug-likeness (QED) is 0.832. The smallest absolute Gasteiger partial charge is 0.264 e. The number of nitrogens with zero attached hydrogens (tertiary/aromatic N) is 1. The van der Waals surface area contributed by atoms with Crippen LogP contribution in [0.15, 0.2) is 47.1 Å². The van der Waals surface area contributed by atoms with Gasteiger partial charge in [-0.1, -0.05) is 18.7 Å². The van der Waals surface area contributed by atoms with E-state index in [1.54, 1.807) is 6.07 Å². The highest BCUT2D eigenvalue weighted by Crippen LogP contribution is 2.31. The molecule has 0 saturated carbocycles. The highest BCUT2D eigenvalue weighted by atomic mass is 32.2. The summed E-state index contributed by atoms with van der Waals surface area (Å²) in [6, 6.07) is 9.36. The van der Waals surface area contributed by atoms with E-state index in [4.69, 9.17) is 0 Å². The lowest BCUT2D eigenvalue weighted by Gasteiger charge is -2.08. The van der Waals surface area contributed by atoms with Gasteiger partial charge in [-0.25, -0.2) is 18.2 Å². The van der Waals surface area contributed by atoms with Crippen molar-refractivity contribution in [2.75, 3.05) is 6.54 Å². The van der Waals surface area contributed by atoms with Gasteiger partial charge in [0.1, 0.15) is 0 Å². The largest absolute Gasteiger partial charge is 0.268 e. The number of aromatic nitrogens is 2. The Morgan fingerprint density at radius 2 is 2.04 bits per heavy atom. The van der Waals surface area contributed by atoms with Crippen LogP contribution in [0, 0.1) is 5.92 Å². The van der Waals surface area contributed by atoms with E-state index >= 15 is 0 Å². The molecule has 0 spiro atoms. The average molecular weight is 345 g/mol. The van der Waals surface area contributed by atoms with Crippen LogP contribution in [0.5, 0.6) is 0 Å². The van der Waals surface area contributed by atoms with Gasteiger partial charge in [-0.2, -0.15) is 5.10 Å². The second-order valence-electron chi connectivity index (χ2n) is 5.96. The molecule has 0 amide bonds. The summed E-state index contributed by atoms with van der Waals surface area (Å²) in [7, 11) is -3.35. The molecule has 24 heavy (non-hydrogen) atoms. The molecule has 0 radical (unpaired) electrons. The number of H-pyrrole nitrogens is 1. The van der Waals surface area contributed by atoms with Crippen LogP contribution in [0.25, 0.3) is 11.3 Å². The third-order valence-corrected chi connectivity index (χ3v) is 5.32. The summed E-state index contributed by atoms with van der Waals surface area (Å²) in [6.45, 7) is 3.70.